The minimum atomic E-state index is -0.115. The van der Waals surface area contributed by atoms with Crippen molar-refractivity contribution >= 4 is 28.5 Å². The van der Waals surface area contributed by atoms with Crippen molar-refractivity contribution in [3.63, 3.8) is 0 Å². The van der Waals surface area contributed by atoms with E-state index < -0.39 is 0 Å². The number of aromatic nitrogens is 2. The number of hydrogen-bond donors (Lipinski definition) is 1. The van der Waals surface area contributed by atoms with Gasteiger partial charge in [0, 0.05) is 24.8 Å². The molecule has 18 heavy (non-hydrogen) atoms. The molecule has 0 fully saturated rings. The van der Waals surface area contributed by atoms with Crippen LogP contribution in [0, 0.1) is 0 Å². The fourth-order valence-corrected chi connectivity index (χ4v) is 1.88. The van der Waals surface area contributed by atoms with Gasteiger partial charge in [-0.3, -0.25) is 14.8 Å². The molecule has 1 amide bonds. The molecule has 5 heteroatoms. The first-order valence-electron chi connectivity index (χ1n) is 5.87. The van der Waals surface area contributed by atoms with E-state index in [1.165, 1.54) is 0 Å². The highest BCUT2D eigenvalue weighted by Gasteiger charge is 2.10. The van der Waals surface area contributed by atoms with E-state index in [4.69, 9.17) is 11.6 Å². The fourth-order valence-electron chi connectivity index (χ4n) is 1.69. The van der Waals surface area contributed by atoms with Crippen LogP contribution in [-0.4, -0.2) is 28.3 Å². The molecule has 0 spiro atoms. The first kappa shape index (κ1) is 12.8. The molecule has 0 atom stereocenters. The normalized spacial score (nSPS) is 10.5. The Labute approximate surface area is 110 Å². The standard InChI is InChI=1S/C13H14ClN3O/c14-6-1-2-7-17-13(18)10-4-3-5-11-12(10)16-9-8-15-11/h3-5,8-9H,1-2,6-7H2,(H,17,18). The lowest BCUT2D eigenvalue weighted by Gasteiger charge is -2.06. The van der Waals surface area contributed by atoms with Gasteiger partial charge in [0.25, 0.3) is 5.91 Å². The summed E-state index contributed by atoms with van der Waals surface area (Å²) in [4.78, 5) is 20.4. The number of amides is 1. The number of halogens is 1. The van der Waals surface area contributed by atoms with Gasteiger partial charge in [0.05, 0.1) is 11.1 Å². The minimum Gasteiger partial charge on any atom is -0.352 e. The summed E-state index contributed by atoms with van der Waals surface area (Å²) in [5, 5.41) is 2.86. The van der Waals surface area contributed by atoms with Crippen molar-refractivity contribution in [1.29, 1.82) is 0 Å². The Kier molecular flexibility index (Phi) is 4.47. The molecule has 4 nitrogen and oxygen atoms in total. The van der Waals surface area contributed by atoms with E-state index in [1.54, 1.807) is 18.5 Å². The van der Waals surface area contributed by atoms with Crippen LogP contribution in [0.4, 0.5) is 0 Å². The largest absolute Gasteiger partial charge is 0.352 e. The maximum Gasteiger partial charge on any atom is 0.253 e. The number of carbonyl (C=O) groups excluding carboxylic acids is 1. The van der Waals surface area contributed by atoms with Crippen LogP contribution in [0.5, 0.6) is 0 Å². The monoisotopic (exact) mass is 263 g/mol. The molecule has 1 aromatic heterocycles. The van der Waals surface area contributed by atoms with E-state index >= 15 is 0 Å². The van der Waals surface area contributed by atoms with Crippen molar-refractivity contribution in [1.82, 2.24) is 15.3 Å². The van der Waals surface area contributed by atoms with Gasteiger partial charge >= 0.3 is 0 Å². The van der Waals surface area contributed by atoms with Crippen LogP contribution in [0.25, 0.3) is 11.0 Å². The van der Waals surface area contributed by atoms with E-state index in [1.807, 2.05) is 12.1 Å². The lowest BCUT2D eigenvalue weighted by atomic mass is 10.1. The number of nitrogens with one attached hydrogen (secondary N) is 1. The van der Waals surface area contributed by atoms with Crippen LogP contribution in [0.3, 0.4) is 0 Å². The number of alkyl halides is 1. The highest BCUT2D eigenvalue weighted by Crippen LogP contribution is 2.13. The zero-order chi connectivity index (χ0) is 12.8. The van der Waals surface area contributed by atoms with Crippen molar-refractivity contribution < 1.29 is 4.79 Å². The Morgan fingerprint density at radius 3 is 2.89 bits per heavy atom. The van der Waals surface area contributed by atoms with Gasteiger partial charge in [-0.15, -0.1) is 11.6 Å². The summed E-state index contributed by atoms with van der Waals surface area (Å²) in [6.07, 6.45) is 4.99. The first-order chi connectivity index (χ1) is 8.83. The zero-order valence-corrected chi connectivity index (χ0v) is 10.7. The van der Waals surface area contributed by atoms with Crippen LogP contribution >= 0.6 is 11.6 Å². The third kappa shape index (κ3) is 2.96. The van der Waals surface area contributed by atoms with Gasteiger partial charge < -0.3 is 5.32 Å². The molecule has 1 heterocycles. The second-order valence-electron chi connectivity index (χ2n) is 3.88. The predicted molar refractivity (Wildman–Crippen MR) is 71.8 cm³/mol. The number of hydrogen-bond acceptors (Lipinski definition) is 3. The van der Waals surface area contributed by atoms with Crippen LogP contribution in [0.15, 0.2) is 30.6 Å². The summed E-state index contributed by atoms with van der Waals surface area (Å²) >= 11 is 5.58. The predicted octanol–water partition coefficient (Wildman–Crippen LogP) is 2.38. The van der Waals surface area contributed by atoms with Crippen LogP contribution in [0.1, 0.15) is 23.2 Å². The molecule has 1 N–H and O–H groups in total. The fraction of sp³-hybridized carbons (Fsp3) is 0.308. The number of nitrogens with zero attached hydrogens (tertiary/aromatic N) is 2. The molecule has 94 valence electrons. The minimum absolute atomic E-state index is 0.115. The molecular weight excluding hydrogens is 250 g/mol. The number of para-hydroxylation sites is 1. The smallest absolute Gasteiger partial charge is 0.253 e. The Balaban J connectivity index is 2.13. The van der Waals surface area contributed by atoms with Gasteiger partial charge in [0.15, 0.2) is 0 Å². The van der Waals surface area contributed by atoms with E-state index in [-0.39, 0.29) is 5.91 Å². The van der Waals surface area contributed by atoms with Crippen molar-refractivity contribution in [3.05, 3.63) is 36.2 Å². The zero-order valence-electron chi connectivity index (χ0n) is 9.90. The van der Waals surface area contributed by atoms with Crippen molar-refractivity contribution in [3.8, 4) is 0 Å². The lowest BCUT2D eigenvalue weighted by Crippen LogP contribution is -2.24. The molecule has 0 radical (unpaired) electrons. The molecule has 2 rings (SSSR count). The molecule has 0 aliphatic heterocycles. The maximum absolute atomic E-state index is 12.0. The SMILES string of the molecule is O=C(NCCCCCl)c1cccc2nccnc12. The van der Waals surface area contributed by atoms with Crippen LogP contribution < -0.4 is 5.32 Å². The number of unbranched alkanes of at least 4 members (excludes halogenated alkanes) is 1. The van der Waals surface area contributed by atoms with E-state index in [0.717, 1.165) is 18.4 Å². The molecule has 0 unspecified atom stereocenters. The summed E-state index contributed by atoms with van der Waals surface area (Å²) in [6.45, 7) is 0.627. The molecule has 2 aromatic rings. The van der Waals surface area contributed by atoms with Gasteiger partial charge in [-0.1, -0.05) is 6.07 Å². The average molecular weight is 264 g/mol. The average Bonchev–Trinajstić information content (AvgIpc) is 2.43. The van der Waals surface area contributed by atoms with Gasteiger partial charge in [-0.05, 0) is 25.0 Å². The molecule has 0 aliphatic rings. The number of benzene rings is 1. The summed E-state index contributed by atoms with van der Waals surface area (Å²) in [6, 6.07) is 5.41. The van der Waals surface area contributed by atoms with E-state index in [9.17, 15) is 4.79 Å². The highest BCUT2D eigenvalue weighted by atomic mass is 35.5. The van der Waals surface area contributed by atoms with Crippen LogP contribution in [0.2, 0.25) is 0 Å². The van der Waals surface area contributed by atoms with Gasteiger partial charge in [-0.25, -0.2) is 0 Å². The summed E-state index contributed by atoms with van der Waals surface area (Å²) in [5.41, 5.74) is 1.92. The van der Waals surface area contributed by atoms with Crippen molar-refractivity contribution in [2.24, 2.45) is 0 Å². The molecule has 1 aromatic carbocycles. The van der Waals surface area contributed by atoms with E-state index in [2.05, 4.69) is 15.3 Å². The molecular formula is C13H14ClN3O. The molecule has 0 saturated carbocycles. The van der Waals surface area contributed by atoms with Crippen molar-refractivity contribution in [2.75, 3.05) is 12.4 Å². The molecule has 0 bridgehead atoms. The first-order valence-corrected chi connectivity index (χ1v) is 6.40. The number of rotatable bonds is 5. The second kappa shape index (κ2) is 6.31. The van der Waals surface area contributed by atoms with Crippen LogP contribution in [-0.2, 0) is 0 Å². The Bertz CT molecular complexity index is 539. The Hall–Kier alpha value is -1.68. The number of fused-ring (bicyclic) bond motifs is 1. The molecule has 0 aliphatic carbocycles. The number of carbonyl (C=O) groups is 1. The quantitative estimate of drug-likeness (QED) is 0.666. The summed E-state index contributed by atoms with van der Waals surface area (Å²) in [5.74, 6) is 0.506. The Morgan fingerprint density at radius 2 is 2.06 bits per heavy atom. The van der Waals surface area contributed by atoms with E-state index in [0.29, 0.717) is 23.5 Å². The highest BCUT2D eigenvalue weighted by molar-refractivity contribution is 6.17. The lowest BCUT2D eigenvalue weighted by molar-refractivity contribution is 0.0954. The maximum atomic E-state index is 12.0. The topological polar surface area (TPSA) is 54.9 Å². The van der Waals surface area contributed by atoms with Gasteiger partial charge in [-0.2, -0.15) is 0 Å². The summed E-state index contributed by atoms with van der Waals surface area (Å²) < 4.78 is 0. The van der Waals surface area contributed by atoms with Gasteiger partial charge in [0.1, 0.15) is 5.52 Å². The van der Waals surface area contributed by atoms with Gasteiger partial charge in [0.2, 0.25) is 0 Å². The third-order valence-electron chi connectivity index (χ3n) is 2.59. The third-order valence-corrected chi connectivity index (χ3v) is 2.86. The van der Waals surface area contributed by atoms with Crippen molar-refractivity contribution in [2.45, 2.75) is 12.8 Å². The molecule has 0 saturated heterocycles. The Morgan fingerprint density at radius 1 is 1.22 bits per heavy atom. The summed E-state index contributed by atoms with van der Waals surface area (Å²) in [7, 11) is 0. The second-order valence-corrected chi connectivity index (χ2v) is 4.26.